The zero-order valence-electron chi connectivity index (χ0n) is 10.8. The Labute approximate surface area is 106 Å². The van der Waals surface area contributed by atoms with Crippen LogP contribution >= 0.6 is 0 Å². The molecule has 1 atom stereocenters. The highest BCUT2D eigenvalue weighted by Gasteiger charge is 2.16. The summed E-state index contributed by atoms with van der Waals surface area (Å²) >= 11 is 0. The number of hydrogen-bond donors (Lipinski definition) is 3. The number of aliphatic hydroxyl groups is 1. The van der Waals surface area contributed by atoms with Crippen molar-refractivity contribution in [2.45, 2.75) is 32.8 Å². The standard InChI is InChI=1S/C13H20N2O3/c1-3-9(4-2)11(16)8-14-13(18)10-6-5-7-12(17)15-10/h5-7,9,11,16H,3-4,8H2,1-2H3,(H,14,18)(H,15,17). The number of carbonyl (C=O) groups excluding carboxylic acids is 1. The first kappa shape index (κ1) is 14.4. The Morgan fingerprint density at radius 2 is 2.06 bits per heavy atom. The van der Waals surface area contributed by atoms with Crippen LogP contribution in [0, 0.1) is 5.92 Å². The third kappa shape index (κ3) is 4.00. The number of rotatable bonds is 6. The van der Waals surface area contributed by atoms with Crippen LogP contribution in [0.1, 0.15) is 37.2 Å². The van der Waals surface area contributed by atoms with Crippen LogP contribution in [-0.2, 0) is 0 Å². The van der Waals surface area contributed by atoms with Gasteiger partial charge in [-0.1, -0.05) is 32.8 Å². The van der Waals surface area contributed by atoms with Gasteiger partial charge in [0, 0.05) is 12.6 Å². The summed E-state index contributed by atoms with van der Waals surface area (Å²) < 4.78 is 0. The van der Waals surface area contributed by atoms with Crippen LogP contribution in [-0.4, -0.2) is 28.6 Å². The van der Waals surface area contributed by atoms with Gasteiger partial charge in [-0.2, -0.15) is 0 Å². The number of amides is 1. The minimum atomic E-state index is -0.556. The van der Waals surface area contributed by atoms with Gasteiger partial charge in [0.1, 0.15) is 5.69 Å². The van der Waals surface area contributed by atoms with E-state index in [9.17, 15) is 14.7 Å². The number of hydrogen-bond acceptors (Lipinski definition) is 3. The van der Waals surface area contributed by atoms with E-state index in [1.54, 1.807) is 0 Å². The van der Waals surface area contributed by atoms with Crippen LogP contribution in [0.15, 0.2) is 23.0 Å². The maximum atomic E-state index is 11.7. The molecule has 0 aliphatic carbocycles. The van der Waals surface area contributed by atoms with Crippen molar-refractivity contribution in [2.24, 2.45) is 5.92 Å². The molecule has 0 aromatic carbocycles. The molecule has 1 amide bonds. The zero-order chi connectivity index (χ0) is 13.5. The first-order valence-corrected chi connectivity index (χ1v) is 6.24. The molecule has 0 saturated carbocycles. The number of carbonyl (C=O) groups is 1. The highest BCUT2D eigenvalue weighted by molar-refractivity contribution is 5.92. The van der Waals surface area contributed by atoms with E-state index in [0.29, 0.717) is 0 Å². The molecule has 0 aliphatic rings. The van der Waals surface area contributed by atoms with Crippen molar-refractivity contribution < 1.29 is 9.90 Å². The Balaban J connectivity index is 2.53. The summed E-state index contributed by atoms with van der Waals surface area (Å²) in [5.74, 6) is -0.196. The molecule has 0 spiro atoms. The maximum absolute atomic E-state index is 11.7. The molecule has 0 bridgehead atoms. The molecular formula is C13H20N2O3. The third-order valence-corrected chi connectivity index (χ3v) is 3.08. The van der Waals surface area contributed by atoms with E-state index < -0.39 is 6.10 Å². The molecule has 1 heterocycles. The molecule has 0 fully saturated rings. The average molecular weight is 252 g/mol. The second-order valence-electron chi connectivity index (χ2n) is 4.28. The predicted molar refractivity (Wildman–Crippen MR) is 69.5 cm³/mol. The Hall–Kier alpha value is -1.62. The lowest BCUT2D eigenvalue weighted by Gasteiger charge is -2.20. The molecule has 18 heavy (non-hydrogen) atoms. The lowest BCUT2D eigenvalue weighted by Crippen LogP contribution is -2.36. The first-order chi connectivity index (χ1) is 8.58. The van der Waals surface area contributed by atoms with E-state index in [-0.39, 0.29) is 29.6 Å². The lowest BCUT2D eigenvalue weighted by molar-refractivity contribution is 0.0813. The van der Waals surface area contributed by atoms with Gasteiger partial charge in [-0.15, -0.1) is 0 Å². The lowest BCUT2D eigenvalue weighted by atomic mass is 9.96. The van der Waals surface area contributed by atoms with Crippen LogP contribution in [0.25, 0.3) is 0 Å². The van der Waals surface area contributed by atoms with E-state index in [2.05, 4.69) is 10.3 Å². The third-order valence-electron chi connectivity index (χ3n) is 3.08. The number of pyridine rings is 1. The van der Waals surface area contributed by atoms with Gasteiger partial charge in [0.2, 0.25) is 5.56 Å². The monoisotopic (exact) mass is 252 g/mol. The van der Waals surface area contributed by atoms with Crippen molar-refractivity contribution in [1.82, 2.24) is 10.3 Å². The van der Waals surface area contributed by atoms with E-state index in [1.165, 1.54) is 18.2 Å². The summed E-state index contributed by atoms with van der Waals surface area (Å²) in [6, 6.07) is 4.39. The minimum absolute atomic E-state index is 0.181. The van der Waals surface area contributed by atoms with E-state index in [0.717, 1.165) is 12.8 Å². The summed E-state index contributed by atoms with van der Waals surface area (Å²) in [6.07, 6.45) is 1.19. The Kier molecular flexibility index (Phi) is 5.58. The van der Waals surface area contributed by atoms with Gasteiger partial charge in [0.15, 0.2) is 0 Å². The highest BCUT2D eigenvalue weighted by atomic mass is 16.3. The first-order valence-electron chi connectivity index (χ1n) is 6.24. The fraction of sp³-hybridized carbons (Fsp3) is 0.538. The van der Waals surface area contributed by atoms with E-state index in [4.69, 9.17) is 0 Å². The summed E-state index contributed by atoms with van der Waals surface area (Å²) in [5.41, 5.74) is -0.109. The Morgan fingerprint density at radius 3 is 2.61 bits per heavy atom. The molecule has 5 heteroatoms. The van der Waals surface area contributed by atoms with Crippen molar-refractivity contribution in [2.75, 3.05) is 6.54 Å². The van der Waals surface area contributed by atoms with Crippen molar-refractivity contribution in [3.05, 3.63) is 34.2 Å². The van der Waals surface area contributed by atoms with Gasteiger partial charge in [-0.05, 0) is 12.0 Å². The van der Waals surface area contributed by atoms with Gasteiger partial charge in [-0.25, -0.2) is 0 Å². The maximum Gasteiger partial charge on any atom is 0.267 e. The number of aromatic nitrogens is 1. The largest absolute Gasteiger partial charge is 0.391 e. The second-order valence-corrected chi connectivity index (χ2v) is 4.28. The van der Waals surface area contributed by atoms with E-state index >= 15 is 0 Å². The fourth-order valence-corrected chi connectivity index (χ4v) is 1.87. The fourth-order valence-electron chi connectivity index (χ4n) is 1.87. The van der Waals surface area contributed by atoms with Gasteiger partial charge < -0.3 is 15.4 Å². The van der Waals surface area contributed by atoms with Gasteiger partial charge >= 0.3 is 0 Å². The second kappa shape index (κ2) is 6.96. The summed E-state index contributed by atoms with van der Waals surface area (Å²) in [4.78, 5) is 25.2. The van der Waals surface area contributed by atoms with Crippen molar-refractivity contribution >= 4 is 5.91 Å². The molecule has 1 unspecified atom stereocenters. The van der Waals surface area contributed by atoms with Crippen LogP contribution in [0.3, 0.4) is 0 Å². The number of nitrogens with one attached hydrogen (secondary N) is 2. The number of aromatic amines is 1. The molecule has 3 N–H and O–H groups in total. The molecule has 1 aromatic rings. The van der Waals surface area contributed by atoms with Crippen LogP contribution in [0.2, 0.25) is 0 Å². The van der Waals surface area contributed by atoms with E-state index in [1.807, 2.05) is 13.8 Å². The topological polar surface area (TPSA) is 82.2 Å². The van der Waals surface area contributed by atoms with Gasteiger partial charge in [0.25, 0.3) is 5.91 Å². The average Bonchev–Trinajstić information content (AvgIpc) is 2.37. The molecular weight excluding hydrogens is 232 g/mol. The van der Waals surface area contributed by atoms with Crippen LogP contribution in [0.4, 0.5) is 0 Å². The molecule has 5 nitrogen and oxygen atoms in total. The Bertz CT molecular complexity index is 438. The predicted octanol–water partition coefficient (Wildman–Crippen LogP) is 0.902. The summed E-state index contributed by atoms with van der Waals surface area (Å²) in [7, 11) is 0. The van der Waals surface area contributed by atoms with Crippen molar-refractivity contribution in [1.29, 1.82) is 0 Å². The molecule has 1 aromatic heterocycles. The number of H-pyrrole nitrogens is 1. The molecule has 100 valence electrons. The molecule has 0 saturated heterocycles. The molecule has 0 aliphatic heterocycles. The van der Waals surface area contributed by atoms with Gasteiger partial charge in [0.05, 0.1) is 6.10 Å². The SMILES string of the molecule is CCC(CC)C(O)CNC(=O)c1cccc(=O)[nH]1. The molecule has 1 rings (SSSR count). The van der Waals surface area contributed by atoms with Crippen LogP contribution in [0.5, 0.6) is 0 Å². The zero-order valence-corrected chi connectivity index (χ0v) is 10.8. The smallest absolute Gasteiger partial charge is 0.267 e. The van der Waals surface area contributed by atoms with Gasteiger partial charge in [-0.3, -0.25) is 9.59 Å². The minimum Gasteiger partial charge on any atom is -0.391 e. The van der Waals surface area contributed by atoms with Crippen LogP contribution < -0.4 is 10.9 Å². The summed E-state index contributed by atoms with van der Waals surface area (Å²) in [6.45, 7) is 4.21. The van der Waals surface area contributed by atoms with Crippen molar-refractivity contribution in [3.63, 3.8) is 0 Å². The highest BCUT2D eigenvalue weighted by Crippen LogP contribution is 2.12. The Morgan fingerprint density at radius 1 is 1.39 bits per heavy atom. The normalized spacial score (nSPS) is 12.4. The van der Waals surface area contributed by atoms with Crippen molar-refractivity contribution in [3.8, 4) is 0 Å². The molecule has 0 radical (unpaired) electrons. The number of aliphatic hydroxyl groups excluding tert-OH is 1. The summed E-state index contributed by atoms with van der Waals surface area (Å²) in [5, 5.41) is 12.5. The quantitative estimate of drug-likeness (QED) is 0.703.